The zero-order valence-corrected chi connectivity index (χ0v) is 13.7. The summed E-state index contributed by atoms with van der Waals surface area (Å²) in [5, 5.41) is 3.45. The fraction of sp³-hybridized carbons (Fsp3) is 0.625. The molecule has 1 saturated carbocycles. The Kier molecular flexibility index (Phi) is 5.79. The lowest BCUT2D eigenvalue weighted by atomic mass is 10.1. The first-order valence-electron chi connectivity index (χ1n) is 7.77. The second kappa shape index (κ2) is 7.38. The minimum Gasteiger partial charge on any atom is -0.310 e. The molecule has 2 N–H and O–H groups in total. The maximum atomic E-state index is 12.1. The van der Waals surface area contributed by atoms with Crippen molar-refractivity contribution in [3.8, 4) is 0 Å². The maximum absolute atomic E-state index is 12.1. The monoisotopic (exact) mass is 310 g/mol. The highest BCUT2D eigenvalue weighted by molar-refractivity contribution is 7.88. The molecule has 1 unspecified atom stereocenters. The Labute approximate surface area is 128 Å². The number of sulfonamides is 1. The summed E-state index contributed by atoms with van der Waals surface area (Å²) in [7, 11) is -3.25. The molecular weight excluding hydrogens is 284 g/mol. The van der Waals surface area contributed by atoms with E-state index >= 15 is 0 Å². The normalized spacial score (nSPS) is 16.9. The van der Waals surface area contributed by atoms with Crippen LogP contribution in [0.3, 0.4) is 0 Å². The molecule has 21 heavy (non-hydrogen) atoms. The van der Waals surface area contributed by atoms with Crippen molar-refractivity contribution in [2.24, 2.45) is 5.92 Å². The van der Waals surface area contributed by atoms with Gasteiger partial charge in [-0.1, -0.05) is 44.5 Å². The van der Waals surface area contributed by atoms with Crippen LogP contribution in [0.1, 0.15) is 44.2 Å². The van der Waals surface area contributed by atoms with Gasteiger partial charge in [0, 0.05) is 19.1 Å². The van der Waals surface area contributed by atoms with Crippen molar-refractivity contribution < 1.29 is 8.42 Å². The predicted molar refractivity (Wildman–Crippen MR) is 86.4 cm³/mol. The predicted octanol–water partition coefficient (Wildman–Crippen LogP) is 2.40. The third-order valence-electron chi connectivity index (χ3n) is 3.87. The lowest BCUT2D eigenvalue weighted by molar-refractivity contribution is 0.528. The van der Waals surface area contributed by atoms with Crippen molar-refractivity contribution in [1.82, 2.24) is 10.0 Å². The highest BCUT2D eigenvalue weighted by Crippen LogP contribution is 2.19. The number of benzene rings is 1. The van der Waals surface area contributed by atoms with Gasteiger partial charge in [0.05, 0.1) is 5.75 Å². The quantitative estimate of drug-likeness (QED) is 0.736. The summed E-state index contributed by atoms with van der Waals surface area (Å²) in [4.78, 5) is 0. The van der Waals surface area contributed by atoms with E-state index in [9.17, 15) is 8.42 Å². The van der Waals surface area contributed by atoms with Crippen molar-refractivity contribution in [2.45, 2.75) is 51.4 Å². The summed E-state index contributed by atoms with van der Waals surface area (Å²) in [6, 6.07) is 8.50. The van der Waals surface area contributed by atoms with Crippen LogP contribution in [-0.4, -0.2) is 21.0 Å². The molecule has 2 rings (SSSR count). The van der Waals surface area contributed by atoms with E-state index in [2.05, 4.69) is 17.0 Å². The summed E-state index contributed by atoms with van der Waals surface area (Å²) in [6.07, 6.45) is 3.49. The Balaban J connectivity index is 1.89. The first-order chi connectivity index (χ1) is 9.98. The van der Waals surface area contributed by atoms with Gasteiger partial charge in [0.1, 0.15) is 0 Å². The Morgan fingerprint density at radius 3 is 2.67 bits per heavy atom. The van der Waals surface area contributed by atoms with Crippen LogP contribution in [0, 0.1) is 5.92 Å². The van der Waals surface area contributed by atoms with Crippen molar-refractivity contribution in [1.29, 1.82) is 0 Å². The summed E-state index contributed by atoms with van der Waals surface area (Å²) >= 11 is 0. The Bertz CT molecular complexity index is 553. The maximum Gasteiger partial charge on any atom is 0.215 e. The topological polar surface area (TPSA) is 58.2 Å². The molecule has 0 spiro atoms. The van der Waals surface area contributed by atoms with E-state index in [4.69, 9.17) is 0 Å². The average molecular weight is 310 g/mol. The van der Waals surface area contributed by atoms with Crippen LogP contribution in [-0.2, 0) is 22.3 Å². The van der Waals surface area contributed by atoms with Gasteiger partial charge in [-0.25, -0.2) is 13.1 Å². The van der Waals surface area contributed by atoms with E-state index in [0.717, 1.165) is 24.1 Å². The molecular formula is C16H26N2O2S. The first-order valence-corrected chi connectivity index (χ1v) is 9.42. The lowest BCUT2D eigenvalue weighted by Gasteiger charge is -2.11. The molecule has 0 bridgehead atoms. The second-order valence-corrected chi connectivity index (χ2v) is 7.90. The Morgan fingerprint density at radius 1 is 1.29 bits per heavy atom. The highest BCUT2D eigenvalue weighted by Gasteiger charge is 2.20. The average Bonchev–Trinajstić information content (AvgIpc) is 3.27. The van der Waals surface area contributed by atoms with Crippen molar-refractivity contribution in [3.05, 3.63) is 35.4 Å². The van der Waals surface area contributed by atoms with E-state index < -0.39 is 10.0 Å². The van der Waals surface area contributed by atoms with Gasteiger partial charge in [0.15, 0.2) is 0 Å². The zero-order chi connectivity index (χ0) is 15.3. The van der Waals surface area contributed by atoms with Crippen molar-refractivity contribution in [3.63, 3.8) is 0 Å². The van der Waals surface area contributed by atoms with Gasteiger partial charge in [-0.2, -0.15) is 0 Å². The van der Waals surface area contributed by atoms with Crippen LogP contribution in [0.25, 0.3) is 0 Å². The van der Waals surface area contributed by atoms with Gasteiger partial charge in [0.25, 0.3) is 0 Å². The van der Waals surface area contributed by atoms with E-state index in [1.54, 1.807) is 0 Å². The first kappa shape index (κ1) is 16.5. The van der Waals surface area contributed by atoms with Crippen molar-refractivity contribution in [2.75, 3.05) is 6.54 Å². The fourth-order valence-electron chi connectivity index (χ4n) is 2.06. The molecule has 0 saturated heterocycles. The minimum absolute atomic E-state index is 0.0563. The summed E-state index contributed by atoms with van der Waals surface area (Å²) in [6.45, 7) is 5.45. The molecule has 0 aromatic heterocycles. The molecule has 118 valence electrons. The minimum atomic E-state index is -3.25. The Morgan fingerprint density at radius 2 is 2.00 bits per heavy atom. The number of hydrogen-bond acceptors (Lipinski definition) is 3. The second-order valence-electron chi connectivity index (χ2n) is 6.10. The van der Waals surface area contributed by atoms with E-state index in [1.165, 1.54) is 12.8 Å². The fourth-order valence-corrected chi connectivity index (χ4v) is 3.32. The molecule has 1 atom stereocenters. The molecule has 1 fully saturated rings. The van der Waals surface area contributed by atoms with Crippen LogP contribution in [0.4, 0.5) is 0 Å². The van der Waals surface area contributed by atoms with Gasteiger partial charge in [-0.05, 0) is 29.9 Å². The van der Waals surface area contributed by atoms with Gasteiger partial charge in [-0.3, -0.25) is 0 Å². The standard InChI is InChI=1S/C16H26N2O2S/c1-3-13(2)10-18-21(19,20)12-15-6-4-5-14(9-15)11-17-16-7-8-16/h4-6,9,13,16-18H,3,7-8,10-12H2,1-2H3. The molecule has 0 aliphatic heterocycles. The lowest BCUT2D eigenvalue weighted by Crippen LogP contribution is -2.29. The zero-order valence-electron chi connectivity index (χ0n) is 12.9. The van der Waals surface area contributed by atoms with Crippen LogP contribution in [0.2, 0.25) is 0 Å². The van der Waals surface area contributed by atoms with Gasteiger partial charge < -0.3 is 5.32 Å². The van der Waals surface area contributed by atoms with Gasteiger partial charge in [-0.15, -0.1) is 0 Å². The third kappa shape index (κ3) is 6.16. The van der Waals surface area contributed by atoms with E-state index in [1.807, 2.05) is 31.2 Å². The van der Waals surface area contributed by atoms with Gasteiger partial charge in [0.2, 0.25) is 10.0 Å². The molecule has 1 aliphatic carbocycles. The SMILES string of the molecule is CCC(C)CNS(=O)(=O)Cc1cccc(CNC2CC2)c1. The molecule has 1 aliphatic rings. The van der Waals surface area contributed by atoms with Crippen LogP contribution < -0.4 is 10.0 Å². The van der Waals surface area contributed by atoms with E-state index in [0.29, 0.717) is 18.5 Å². The number of rotatable bonds is 9. The third-order valence-corrected chi connectivity index (χ3v) is 5.19. The molecule has 0 heterocycles. The van der Waals surface area contributed by atoms with Crippen LogP contribution in [0.5, 0.6) is 0 Å². The smallest absolute Gasteiger partial charge is 0.215 e. The molecule has 4 nitrogen and oxygen atoms in total. The molecule has 0 radical (unpaired) electrons. The molecule has 0 amide bonds. The number of nitrogens with one attached hydrogen (secondary N) is 2. The largest absolute Gasteiger partial charge is 0.310 e. The summed E-state index contributed by atoms with van der Waals surface area (Å²) < 4.78 is 26.9. The van der Waals surface area contributed by atoms with Crippen molar-refractivity contribution >= 4 is 10.0 Å². The molecule has 5 heteroatoms. The Hall–Kier alpha value is -0.910. The van der Waals surface area contributed by atoms with Crippen LogP contribution >= 0.6 is 0 Å². The number of hydrogen-bond donors (Lipinski definition) is 2. The molecule has 1 aromatic rings. The molecule has 1 aromatic carbocycles. The van der Waals surface area contributed by atoms with Gasteiger partial charge >= 0.3 is 0 Å². The van der Waals surface area contributed by atoms with E-state index in [-0.39, 0.29) is 5.75 Å². The summed E-state index contributed by atoms with van der Waals surface area (Å²) in [5.74, 6) is 0.426. The van der Waals surface area contributed by atoms with Crippen LogP contribution in [0.15, 0.2) is 24.3 Å². The summed E-state index contributed by atoms with van der Waals surface area (Å²) in [5.41, 5.74) is 2.00. The highest BCUT2D eigenvalue weighted by atomic mass is 32.2.